The van der Waals surface area contributed by atoms with Gasteiger partial charge in [0.2, 0.25) is 11.8 Å². The van der Waals surface area contributed by atoms with E-state index in [4.69, 9.17) is 4.74 Å². The van der Waals surface area contributed by atoms with Crippen molar-refractivity contribution in [2.45, 2.75) is 32.2 Å². The van der Waals surface area contributed by atoms with Crippen molar-refractivity contribution in [2.75, 3.05) is 26.8 Å². The summed E-state index contributed by atoms with van der Waals surface area (Å²) in [5, 5.41) is 3.05. The van der Waals surface area contributed by atoms with Crippen molar-refractivity contribution < 1.29 is 14.3 Å². The third-order valence-electron chi connectivity index (χ3n) is 5.52. The van der Waals surface area contributed by atoms with E-state index >= 15 is 0 Å². The highest BCUT2D eigenvalue weighted by atomic mass is 16.5. The lowest BCUT2D eigenvalue weighted by molar-refractivity contribution is -0.142. The summed E-state index contributed by atoms with van der Waals surface area (Å²) < 4.78 is 5.08. The molecule has 29 heavy (non-hydrogen) atoms. The number of methoxy groups -OCH3 is 1. The highest BCUT2D eigenvalue weighted by Crippen LogP contribution is 2.34. The van der Waals surface area contributed by atoms with Gasteiger partial charge in [0.05, 0.1) is 12.0 Å². The number of carbonyl (C=O) groups is 2. The number of nitrogens with one attached hydrogen (secondary N) is 1. The van der Waals surface area contributed by atoms with Crippen molar-refractivity contribution in [3.8, 4) is 0 Å². The van der Waals surface area contributed by atoms with Crippen LogP contribution in [0.2, 0.25) is 0 Å². The smallest absolute Gasteiger partial charge is 0.249 e. The van der Waals surface area contributed by atoms with Crippen molar-refractivity contribution in [2.24, 2.45) is 5.92 Å². The largest absolute Gasteiger partial charge is 0.375 e. The minimum absolute atomic E-state index is 0.00841. The number of nitrogens with zero attached hydrogens (tertiary/aromatic N) is 1. The molecule has 5 nitrogen and oxygen atoms in total. The van der Waals surface area contributed by atoms with Gasteiger partial charge in [-0.2, -0.15) is 0 Å². The fraction of sp³-hybridized carbons (Fsp3) is 0.417. The zero-order valence-corrected chi connectivity index (χ0v) is 17.3. The van der Waals surface area contributed by atoms with Gasteiger partial charge in [-0.25, -0.2) is 0 Å². The Labute approximate surface area is 173 Å². The molecule has 0 bridgehead atoms. The first-order chi connectivity index (χ1) is 14.1. The number of rotatable bonds is 7. The van der Waals surface area contributed by atoms with Crippen LogP contribution in [0.4, 0.5) is 0 Å². The average molecular weight is 395 g/mol. The molecule has 0 aromatic heterocycles. The predicted molar refractivity (Wildman–Crippen MR) is 113 cm³/mol. The summed E-state index contributed by atoms with van der Waals surface area (Å²) in [6, 6.07) is 18.4. The summed E-state index contributed by atoms with van der Waals surface area (Å²) in [6.07, 6.45) is 2.35. The number of likely N-dealkylation sites (tertiary alicyclic amines) is 1. The first-order valence-corrected chi connectivity index (χ1v) is 10.2. The Morgan fingerprint density at radius 1 is 1.10 bits per heavy atom. The van der Waals surface area contributed by atoms with Crippen LogP contribution < -0.4 is 5.32 Å². The monoisotopic (exact) mass is 394 g/mol. The molecule has 0 spiro atoms. The molecular formula is C24H30N2O3. The summed E-state index contributed by atoms with van der Waals surface area (Å²) in [5.74, 6) is -0.229. The third-order valence-corrected chi connectivity index (χ3v) is 5.52. The minimum Gasteiger partial charge on any atom is -0.375 e. The Kier molecular flexibility index (Phi) is 7.42. The molecule has 154 valence electrons. The van der Waals surface area contributed by atoms with Crippen LogP contribution in [0.3, 0.4) is 0 Å². The molecule has 1 aliphatic heterocycles. The van der Waals surface area contributed by atoms with E-state index in [1.54, 1.807) is 0 Å². The Balaban J connectivity index is 1.63. The average Bonchev–Trinajstić information content (AvgIpc) is 2.74. The predicted octanol–water partition coefficient (Wildman–Crippen LogP) is 3.28. The Morgan fingerprint density at radius 2 is 1.90 bits per heavy atom. The molecule has 2 aromatic rings. The number of amides is 2. The lowest BCUT2D eigenvalue weighted by Crippen LogP contribution is -2.48. The van der Waals surface area contributed by atoms with E-state index in [0.29, 0.717) is 13.1 Å². The maximum Gasteiger partial charge on any atom is 0.249 e. The molecule has 2 amide bonds. The van der Waals surface area contributed by atoms with Gasteiger partial charge >= 0.3 is 0 Å². The molecule has 1 saturated heterocycles. The van der Waals surface area contributed by atoms with Crippen molar-refractivity contribution in [1.29, 1.82) is 0 Å². The van der Waals surface area contributed by atoms with Crippen LogP contribution in [0.25, 0.3) is 0 Å². The number of hydrogen-bond donors (Lipinski definition) is 1. The Bertz CT molecular complexity index is 822. The first kappa shape index (κ1) is 21.1. The zero-order chi connectivity index (χ0) is 20.6. The quantitative estimate of drug-likeness (QED) is 0.784. The topological polar surface area (TPSA) is 58.6 Å². The summed E-state index contributed by atoms with van der Waals surface area (Å²) in [7, 11) is 1.53. The van der Waals surface area contributed by atoms with Gasteiger partial charge in [0.25, 0.3) is 0 Å². The van der Waals surface area contributed by atoms with Crippen LogP contribution in [-0.4, -0.2) is 43.5 Å². The highest BCUT2D eigenvalue weighted by molar-refractivity contribution is 5.82. The van der Waals surface area contributed by atoms with E-state index in [1.807, 2.05) is 29.2 Å². The van der Waals surface area contributed by atoms with Crippen LogP contribution in [0.15, 0.2) is 54.6 Å². The second-order valence-corrected chi connectivity index (χ2v) is 7.71. The molecule has 0 radical (unpaired) electrons. The fourth-order valence-electron chi connectivity index (χ4n) is 4.01. The summed E-state index contributed by atoms with van der Waals surface area (Å²) in [5.41, 5.74) is 3.49. The number of hydrogen-bond acceptors (Lipinski definition) is 3. The van der Waals surface area contributed by atoms with Gasteiger partial charge in [0.15, 0.2) is 0 Å². The van der Waals surface area contributed by atoms with Crippen molar-refractivity contribution >= 4 is 11.8 Å². The van der Waals surface area contributed by atoms with Gasteiger partial charge in [-0.1, -0.05) is 60.2 Å². The molecule has 0 aliphatic carbocycles. The van der Waals surface area contributed by atoms with Crippen LogP contribution in [-0.2, 0) is 20.7 Å². The zero-order valence-electron chi connectivity index (χ0n) is 17.3. The lowest BCUT2D eigenvalue weighted by atomic mass is 9.88. The third kappa shape index (κ3) is 5.67. The van der Waals surface area contributed by atoms with Crippen molar-refractivity contribution in [3.63, 3.8) is 0 Å². The van der Waals surface area contributed by atoms with Gasteiger partial charge in [-0.15, -0.1) is 0 Å². The van der Waals surface area contributed by atoms with E-state index in [-0.39, 0.29) is 30.4 Å². The number of carbonyl (C=O) groups excluding carboxylic acids is 2. The molecular weight excluding hydrogens is 364 g/mol. The van der Waals surface area contributed by atoms with Crippen LogP contribution in [0.1, 0.15) is 35.6 Å². The normalized spacial score (nSPS) is 19.0. The lowest BCUT2D eigenvalue weighted by Gasteiger charge is -2.39. The van der Waals surface area contributed by atoms with Crippen molar-refractivity contribution in [1.82, 2.24) is 10.2 Å². The van der Waals surface area contributed by atoms with Gasteiger partial charge in [0.1, 0.15) is 6.61 Å². The Hall–Kier alpha value is -2.66. The van der Waals surface area contributed by atoms with Gasteiger partial charge in [0, 0.05) is 20.2 Å². The highest BCUT2D eigenvalue weighted by Gasteiger charge is 2.35. The van der Waals surface area contributed by atoms with E-state index in [1.165, 1.54) is 18.2 Å². The van der Waals surface area contributed by atoms with Crippen LogP contribution in [0, 0.1) is 12.8 Å². The number of ether oxygens (including phenoxy) is 1. The molecule has 1 N–H and O–H groups in total. The van der Waals surface area contributed by atoms with Crippen molar-refractivity contribution in [3.05, 3.63) is 71.3 Å². The van der Waals surface area contributed by atoms with E-state index < -0.39 is 0 Å². The molecule has 1 heterocycles. The van der Waals surface area contributed by atoms with Gasteiger partial charge in [-0.3, -0.25) is 9.59 Å². The van der Waals surface area contributed by atoms with E-state index in [9.17, 15) is 9.59 Å². The summed E-state index contributed by atoms with van der Waals surface area (Å²) >= 11 is 0. The second-order valence-electron chi connectivity index (χ2n) is 7.71. The number of aryl methyl sites for hydroxylation is 1. The summed E-state index contributed by atoms with van der Waals surface area (Å²) in [6.45, 7) is 3.12. The molecule has 5 heteroatoms. The number of piperidine rings is 1. The molecule has 1 aliphatic rings. The molecule has 2 atom stereocenters. The molecule has 1 fully saturated rings. The van der Waals surface area contributed by atoms with Crippen LogP contribution >= 0.6 is 0 Å². The van der Waals surface area contributed by atoms with E-state index in [2.05, 4.69) is 42.6 Å². The maximum atomic E-state index is 12.7. The minimum atomic E-state index is -0.187. The summed E-state index contributed by atoms with van der Waals surface area (Å²) in [4.78, 5) is 27.3. The van der Waals surface area contributed by atoms with Gasteiger partial charge in [-0.05, 0) is 37.3 Å². The first-order valence-electron chi connectivity index (χ1n) is 10.2. The van der Waals surface area contributed by atoms with Gasteiger partial charge < -0.3 is 15.0 Å². The molecule has 0 saturated carbocycles. The maximum absolute atomic E-state index is 12.7. The molecule has 0 unspecified atom stereocenters. The fourth-order valence-corrected chi connectivity index (χ4v) is 4.01. The standard InChI is InChI=1S/C24H30N2O3/c1-18-7-6-10-20(15-18)22-12-11-21(16-26(22)23(27)17-29-2)24(28)25-14-13-19-8-4-3-5-9-19/h3-10,15,21-22H,11-14,16-17H2,1-2H3,(H,25,28)/t21-,22+/m1/s1. The van der Waals surface area contributed by atoms with E-state index in [0.717, 1.165) is 24.8 Å². The number of benzene rings is 2. The second kappa shape index (κ2) is 10.2. The molecule has 2 aromatic carbocycles. The van der Waals surface area contributed by atoms with Crippen LogP contribution in [0.5, 0.6) is 0 Å². The Morgan fingerprint density at radius 3 is 2.62 bits per heavy atom. The molecule has 3 rings (SSSR count). The SMILES string of the molecule is COCC(=O)N1C[C@H](C(=O)NCCc2ccccc2)CC[C@H]1c1cccc(C)c1.